The van der Waals surface area contributed by atoms with Gasteiger partial charge in [0.25, 0.3) is 0 Å². The van der Waals surface area contributed by atoms with Crippen LogP contribution in [0, 0.1) is 0 Å². The SMILES string of the molecule is CCN1CCN(CC(=O)N(C)C2CC3CCC(C2)N3)CC1.Cl.Cl. The van der Waals surface area contributed by atoms with E-state index in [-0.39, 0.29) is 24.8 Å². The number of rotatable bonds is 4. The van der Waals surface area contributed by atoms with Crippen LogP contribution >= 0.6 is 24.8 Å². The van der Waals surface area contributed by atoms with Gasteiger partial charge >= 0.3 is 0 Å². The molecule has 3 heterocycles. The van der Waals surface area contributed by atoms with Crippen molar-refractivity contribution in [3.05, 3.63) is 0 Å². The highest BCUT2D eigenvalue weighted by molar-refractivity contribution is 5.85. The predicted octanol–water partition coefficient (Wildman–Crippen LogP) is 1.21. The van der Waals surface area contributed by atoms with Crippen molar-refractivity contribution in [2.75, 3.05) is 46.3 Å². The molecule has 1 amide bonds. The first-order valence-corrected chi connectivity index (χ1v) is 8.62. The second kappa shape index (κ2) is 9.42. The number of piperidine rings is 1. The molecule has 1 N–H and O–H groups in total. The van der Waals surface area contributed by atoms with E-state index in [0.29, 0.717) is 30.6 Å². The molecule has 3 fully saturated rings. The normalized spacial score (nSPS) is 31.1. The number of likely N-dealkylation sites (N-methyl/N-ethyl adjacent to an activating group) is 2. The van der Waals surface area contributed by atoms with Crippen molar-refractivity contribution in [2.24, 2.45) is 0 Å². The van der Waals surface area contributed by atoms with Crippen molar-refractivity contribution in [1.29, 1.82) is 0 Å². The Hall–Kier alpha value is -0.0700. The Morgan fingerprint density at radius 1 is 1.04 bits per heavy atom. The van der Waals surface area contributed by atoms with Crippen LogP contribution in [0.5, 0.6) is 0 Å². The zero-order chi connectivity index (χ0) is 14.8. The quantitative estimate of drug-likeness (QED) is 0.811. The number of carbonyl (C=O) groups is 1. The molecule has 0 aromatic carbocycles. The lowest BCUT2D eigenvalue weighted by atomic mass is 9.98. The highest BCUT2D eigenvalue weighted by atomic mass is 35.5. The molecule has 0 aromatic heterocycles. The zero-order valence-electron chi connectivity index (χ0n) is 14.4. The number of amides is 1. The van der Waals surface area contributed by atoms with Crippen LogP contribution in [0.1, 0.15) is 32.6 Å². The molecule has 2 unspecified atom stereocenters. The molecule has 0 aliphatic carbocycles. The van der Waals surface area contributed by atoms with Gasteiger partial charge in [-0.05, 0) is 32.2 Å². The maximum Gasteiger partial charge on any atom is 0.236 e. The van der Waals surface area contributed by atoms with Gasteiger partial charge in [0.1, 0.15) is 0 Å². The average Bonchev–Trinajstić information content (AvgIpc) is 2.85. The summed E-state index contributed by atoms with van der Waals surface area (Å²) >= 11 is 0. The second-order valence-corrected chi connectivity index (χ2v) is 6.98. The van der Waals surface area contributed by atoms with E-state index in [0.717, 1.165) is 45.6 Å². The third kappa shape index (κ3) is 5.20. The molecule has 2 atom stereocenters. The highest BCUT2D eigenvalue weighted by Gasteiger charge is 2.36. The van der Waals surface area contributed by atoms with E-state index >= 15 is 0 Å². The molecule has 136 valence electrons. The summed E-state index contributed by atoms with van der Waals surface area (Å²) in [5, 5.41) is 3.65. The monoisotopic (exact) mass is 366 g/mol. The molecule has 5 nitrogen and oxygen atoms in total. The first-order chi connectivity index (χ1) is 10.2. The maximum absolute atomic E-state index is 12.5. The lowest BCUT2D eigenvalue weighted by Crippen LogP contribution is -2.53. The zero-order valence-corrected chi connectivity index (χ0v) is 16.0. The Balaban J connectivity index is 0.00000132. The van der Waals surface area contributed by atoms with Crippen molar-refractivity contribution < 1.29 is 4.79 Å². The summed E-state index contributed by atoms with van der Waals surface area (Å²) in [7, 11) is 2.01. The fourth-order valence-corrected chi connectivity index (χ4v) is 4.11. The molecular weight excluding hydrogens is 335 g/mol. The van der Waals surface area contributed by atoms with Crippen LogP contribution in [0.15, 0.2) is 0 Å². The fourth-order valence-electron chi connectivity index (χ4n) is 4.11. The summed E-state index contributed by atoms with van der Waals surface area (Å²) in [6.07, 6.45) is 4.87. The minimum atomic E-state index is 0. The number of halogens is 2. The minimum absolute atomic E-state index is 0. The van der Waals surface area contributed by atoms with Gasteiger partial charge in [-0.3, -0.25) is 9.69 Å². The molecule has 2 bridgehead atoms. The molecule has 3 aliphatic rings. The van der Waals surface area contributed by atoms with Crippen LogP contribution in [-0.2, 0) is 4.79 Å². The Labute approximate surface area is 152 Å². The summed E-state index contributed by atoms with van der Waals surface area (Å²) in [5.41, 5.74) is 0. The summed E-state index contributed by atoms with van der Waals surface area (Å²) in [6.45, 7) is 8.21. The Morgan fingerprint density at radius 3 is 2.09 bits per heavy atom. The predicted molar refractivity (Wildman–Crippen MR) is 98.8 cm³/mol. The molecular formula is C16H32Cl2N4O. The number of piperazine rings is 1. The van der Waals surface area contributed by atoms with Crippen molar-refractivity contribution in [1.82, 2.24) is 20.0 Å². The topological polar surface area (TPSA) is 38.8 Å². The van der Waals surface area contributed by atoms with E-state index in [2.05, 4.69) is 22.0 Å². The van der Waals surface area contributed by atoms with Crippen molar-refractivity contribution in [3.8, 4) is 0 Å². The average molecular weight is 367 g/mol. The molecule has 0 saturated carbocycles. The van der Waals surface area contributed by atoms with E-state index in [4.69, 9.17) is 0 Å². The number of hydrogen-bond donors (Lipinski definition) is 1. The van der Waals surface area contributed by atoms with Crippen LogP contribution in [0.3, 0.4) is 0 Å². The minimum Gasteiger partial charge on any atom is -0.342 e. The van der Waals surface area contributed by atoms with Crippen LogP contribution < -0.4 is 5.32 Å². The Bertz CT molecular complexity index is 365. The van der Waals surface area contributed by atoms with Gasteiger partial charge < -0.3 is 15.1 Å². The third-order valence-electron chi connectivity index (χ3n) is 5.66. The highest BCUT2D eigenvalue weighted by Crippen LogP contribution is 2.29. The largest absolute Gasteiger partial charge is 0.342 e. The third-order valence-corrected chi connectivity index (χ3v) is 5.66. The standard InChI is InChI=1S/C16H30N4O.2ClH/c1-3-19-6-8-20(9-7-19)12-16(21)18(2)15-10-13-4-5-14(11-15)17-13;;/h13-15,17H,3-12H2,1-2H3;2*1H. The van der Waals surface area contributed by atoms with Gasteiger partial charge in [0, 0.05) is 51.4 Å². The molecule has 0 radical (unpaired) electrons. The summed E-state index contributed by atoms with van der Waals surface area (Å²) in [4.78, 5) is 19.4. The molecule has 3 aliphatic heterocycles. The lowest BCUT2D eigenvalue weighted by molar-refractivity contribution is -0.134. The van der Waals surface area contributed by atoms with E-state index in [9.17, 15) is 4.79 Å². The number of nitrogens with one attached hydrogen (secondary N) is 1. The summed E-state index contributed by atoms with van der Waals surface area (Å²) in [6, 6.07) is 1.75. The summed E-state index contributed by atoms with van der Waals surface area (Å²) in [5.74, 6) is 0.311. The first kappa shape index (κ1) is 21.0. The number of nitrogens with zero attached hydrogens (tertiary/aromatic N) is 3. The molecule has 23 heavy (non-hydrogen) atoms. The van der Waals surface area contributed by atoms with E-state index in [1.165, 1.54) is 12.8 Å². The van der Waals surface area contributed by atoms with Gasteiger partial charge in [0.05, 0.1) is 6.54 Å². The van der Waals surface area contributed by atoms with Crippen LogP contribution in [-0.4, -0.2) is 85.0 Å². The van der Waals surface area contributed by atoms with Gasteiger partial charge in [-0.1, -0.05) is 6.92 Å². The van der Waals surface area contributed by atoms with Gasteiger partial charge in [0.15, 0.2) is 0 Å². The van der Waals surface area contributed by atoms with Crippen molar-refractivity contribution >= 4 is 30.7 Å². The number of fused-ring (bicyclic) bond motifs is 2. The molecule has 3 saturated heterocycles. The fraction of sp³-hybridized carbons (Fsp3) is 0.938. The Morgan fingerprint density at radius 2 is 1.57 bits per heavy atom. The molecule has 0 aromatic rings. The lowest BCUT2D eigenvalue weighted by Gasteiger charge is -2.38. The first-order valence-electron chi connectivity index (χ1n) is 8.62. The summed E-state index contributed by atoms with van der Waals surface area (Å²) < 4.78 is 0. The second-order valence-electron chi connectivity index (χ2n) is 6.98. The number of hydrogen-bond acceptors (Lipinski definition) is 4. The van der Waals surface area contributed by atoms with Crippen LogP contribution in [0.2, 0.25) is 0 Å². The van der Waals surface area contributed by atoms with Gasteiger partial charge in [0.2, 0.25) is 5.91 Å². The van der Waals surface area contributed by atoms with Crippen molar-refractivity contribution in [3.63, 3.8) is 0 Å². The molecule has 0 spiro atoms. The maximum atomic E-state index is 12.5. The smallest absolute Gasteiger partial charge is 0.236 e. The van der Waals surface area contributed by atoms with E-state index in [1.807, 2.05) is 11.9 Å². The van der Waals surface area contributed by atoms with Gasteiger partial charge in [-0.15, -0.1) is 24.8 Å². The van der Waals surface area contributed by atoms with Crippen LogP contribution in [0.4, 0.5) is 0 Å². The Kier molecular flexibility index (Phi) is 8.59. The van der Waals surface area contributed by atoms with Crippen molar-refractivity contribution in [2.45, 2.75) is 50.7 Å². The van der Waals surface area contributed by atoms with Gasteiger partial charge in [-0.25, -0.2) is 0 Å². The van der Waals surface area contributed by atoms with E-state index < -0.39 is 0 Å². The van der Waals surface area contributed by atoms with Gasteiger partial charge in [-0.2, -0.15) is 0 Å². The number of carbonyl (C=O) groups excluding carboxylic acids is 1. The molecule has 7 heteroatoms. The molecule has 3 rings (SSSR count). The van der Waals surface area contributed by atoms with Crippen LogP contribution in [0.25, 0.3) is 0 Å². The van der Waals surface area contributed by atoms with E-state index in [1.54, 1.807) is 0 Å².